The molecule has 0 spiro atoms. The molecular weight excluding hydrogens is 294 g/mol. The van der Waals surface area contributed by atoms with Crippen LogP contribution in [0.25, 0.3) is 0 Å². The van der Waals surface area contributed by atoms with Crippen molar-refractivity contribution in [3.05, 3.63) is 35.9 Å². The lowest BCUT2D eigenvalue weighted by Crippen LogP contribution is -2.44. The van der Waals surface area contributed by atoms with E-state index in [0.717, 1.165) is 31.2 Å². The van der Waals surface area contributed by atoms with Crippen LogP contribution in [0, 0.1) is 11.8 Å². The molecular formula is C18H27NO4. The van der Waals surface area contributed by atoms with Gasteiger partial charge in [0, 0.05) is 0 Å². The van der Waals surface area contributed by atoms with Crippen molar-refractivity contribution in [3.63, 3.8) is 0 Å². The largest absolute Gasteiger partial charge is 0.461 e. The highest BCUT2D eigenvalue weighted by atomic mass is 16.5. The molecule has 128 valence electrons. The monoisotopic (exact) mass is 321 g/mol. The minimum Gasteiger partial charge on any atom is -0.461 e. The van der Waals surface area contributed by atoms with Crippen LogP contribution in [-0.2, 0) is 16.1 Å². The molecule has 1 aliphatic carbocycles. The summed E-state index contributed by atoms with van der Waals surface area (Å²) < 4.78 is 5.34. The van der Waals surface area contributed by atoms with Gasteiger partial charge in [-0.25, -0.2) is 0 Å². The summed E-state index contributed by atoms with van der Waals surface area (Å²) in [7, 11) is 0. The number of ether oxygens (including phenoxy) is 1. The van der Waals surface area contributed by atoms with Crippen LogP contribution in [0.4, 0.5) is 0 Å². The average Bonchev–Trinajstić information content (AvgIpc) is 2.58. The van der Waals surface area contributed by atoms with Gasteiger partial charge in [0.05, 0.1) is 5.92 Å². The highest BCUT2D eigenvalue weighted by Gasteiger charge is 2.34. The molecule has 5 nitrogen and oxygen atoms in total. The van der Waals surface area contributed by atoms with Gasteiger partial charge < -0.3 is 20.7 Å². The molecule has 23 heavy (non-hydrogen) atoms. The van der Waals surface area contributed by atoms with Gasteiger partial charge in [-0.2, -0.15) is 0 Å². The van der Waals surface area contributed by atoms with Crippen molar-refractivity contribution >= 4 is 5.97 Å². The number of benzene rings is 1. The van der Waals surface area contributed by atoms with E-state index >= 15 is 0 Å². The summed E-state index contributed by atoms with van der Waals surface area (Å²) in [6.07, 6.45) is 3.42. The predicted octanol–water partition coefficient (Wildman–Crippen LogP) is 1.95. The van der Waals surface area contributed by atoms with Gasteiger partial charge in [-0.15, -0.1) is 0 Å². The Morgan fingerprint density at radius 3 is 2.43 bits per heavy atom. The van der Waals surface area contributed by atoms with Crippen molar-refractivity contribution in [1.82, 2.24) is 0 Å². The maximum absolute atomic E-state index is 12.4. The van der Waals surface area contributed by atoms with E-state index in [9.17, 15) is 15.0 Å². The normalized spacial score (nSPS) is 19.8. The maximum Gasteiger partial charge on any atom is 0.312 e. The van der Waals surface area contributed by atoms with Gasteiger partial charge in [0.15, 0.2) is 0 Å². The average molecular weight is 321 g/mol. The van der Waals surface area contributed by atoms with Crippen LogP contribution in [-0.4, -0.2) is 28.5 Å². The molecule has 0 heterocycles. The molecule has 2 rings (SSSR count). The number of aliphatic hydroxyl groups is 2. The zero-order valence-corrected chi connectivity index (χ0v) is 13.4. The predicted molar refractivity (Wildman–Crippen MR) is 87.1 cm³/mol. The first-order valence-electron chi connectivity index (χ1n) is 8.40. The Morgan fingerprint density at radius 1 is 1.17 bits per heavy atom. The molecule has 0 aliphatic heterocycles. The lowest BCUT2D eigenvalue weighted by molar-refractivity contribution is -0.158. The van der Waals surface area contributed by atoms with Gasteiger partial charge in [-0.1, -0.05) is 62.4 Å². The van der Waals surface area contributed by atoms with Gasteiger partial charge in [0.25, 0.3) is 0 Å². The van der Waals surface area contributed by atoms with Crippen molar-refractivity contribution in [2.24, 2.45) is 17.6 Å². The first-order valence-corrected chi connectivity index (χ1v) is 8.40. The lowest BCUT2D eigenvalue weighted by Gasteiger charge is -2.29. The summed E-state index contributed by atoms with van der Waals surface area (Å²) >= 11 is 0. The fourth-order valence-corrected chi connectivity index (χ4v) is 3.23. The molecule has 1 aromatic rings. The molecule has 0 amide bonds. The molecule has 0 aromatic heterocycles. The highest BCUT2D eigenvalue weighted by molar-refractivity contribution is 5.73. The highest BCUT2D eigenvalue weighted by Crippen LogP contribution is 2.31. The quantitative estimate of drug-likeness (QED) is 0.527. The van der Waals surface area contributed by atoms with E-state index in [1.54, 1.807) is 0 Å². The Kier molecular flexibility index (Phi) is 7.02. The first-order chi connectivity index (χ1) is 11.1. The van der Waals surface area contributed by atoms with Crippen LogP contribution in [0.3, 0.4) is 0 Å². The van der Waals surface area contributed by atoms with Gasteiger partial charge in [0.1, 0.15) is 18.9 Å². The molecule has 1 aromatic carbocycles. The second-order valence-electron chi connectivity index (χ2n) is 6.42. The topological polar surface area (TPSA) is 92.8 Å². The third-order valence-electron chi connectivity index (χ3n) is 4.60. The lowest BCUT2D eigenvalue weighted by atomic mass is 9.81. The molecule has 0 radical (unpaired) electrons. The van der Waals surface area contributed by atoms with Crippen LogP contribution in [0.1, 0.15) is 44.1 Å². The summed E-state index contributed by atoms with van der Waals surface area (Å²) in [5.74, 6) is -0.885. The molecule has 0 bridgehead atoms. The van der Waals surface area contributed by atoms with Crippen LogP contribution < -0.4 is 5.73 Å². The Hall–Kier alpha value is -1.43. The van der Waals surface area contributed by atoms with Crippen molar-refractivity contribution in [1.29, 1.82) is 0 Å². The number of nitrogens with two attached hydrogens (primary N) is 1. The zero-order chi connectivity index (χ0) is 16.7. The van der Waals surface area contributed by atoms with E-state index in [1.165, 1.54) is 6.42 Å². The molecule has 1 aliphatic rings. The number of hydrogen-bond acceptors (Lipinski definition) is 5. The van der Waals surface area contributed by atoms with Gasteiger partial charge in [-0.05, 0) is 17.9 Å². The molecule has 1 fully saturated rings. The number of aliphatic hydroxyl groups excluding tert-OH is 2. The van der Waals surface area contributed by atoms with Crippen molar-refractivity contribution in [2.45, 2.75) is 57.5 Å². The standard InChI is InChI=1S/C18H27NO4/c19-17(21)16(20)15(11-13-7-3-1-4-8-13)18(22)23-12-14-9-5-2-6-10-14/h2,5-6,9-10,13,15-17,20-21H,1,3-4,7-8,11-12,19H2/t15-,16+,17?/m0/s1. The Balaban J connectivity index is 1.95. The smallest absolute Gasteiger partial charge is 0.312 e. The van der Waals surface area contributed by atoms with Crippen LogP contribution >= 0.6 is 0 Å². The third-order valence-corrected chi connectivity index (χ3v) is 4.60. The van der Waals surface area contributed by atoms with E-state index in [2.05, 4.69) is 0 Å². The van der Waals surface area contributed by atoms with E-state index in [1.807, 2.05) is 30.3 Å². The van der Waals surface area contributed by atoms with E-state index in [4.69, 9.17) is 10.5 Å². The summed E-state index contributed by atoms with van der Waals surface area (Å²) in [5, 5.41) is 19.6. The van der Waals surface area contributed by atoms with Crippen LogP contribution in [0.2, 0.25) is 0 Å². The molecule has 5 heteroatoms. The molecule has 0 saturated heterocycles. The van der Waals surface area contributed by atoms with Gasteiger partial charge in [-0.3, -0.25) is 4.79 Å². The maximum atomic E-state index is 12.4. The van der Waals surface area contributed by atoms with Crippen LogP contribution in [0.5, 0.6) is 0 Å². The Morgan fingerprint density at radius 2 is 1.83 bits per heavy atom. The summed E-state index contributed by atoms with van der Waals surface area (Å²) in [5.41, 5.74) is 6.27. The van der Waals surface area contributed by atoms with E-state index < -0.39 is 24.2 Å². The summed E-state index contributed by atoms with van der Waals surface area (Å²) in [4.78, 5) is 12.4. The Labute approximate surface area is 137 Å². The minimum atomic E-state index is -1.44. The fraction of sp³-hybridized carbons (Fsp3) is 0.611. The van der Waals surface area contributed by atoms with Crippen LogP contribution in [0.15, 0.2) is 30.3 Å². The van der Waals surface area contributed by atoms with E-state index in [0.29, 0.717) is 12.3 Å². The Bertz CT molecular complexity index is 471. The number of hydrogen-bond donors (Lipinski definition) is 3. The first kappa shape index (κ1) is 17.9. The third kappa shape index (κ3) is 5.61. The second-order valence-corrected chi connectivity index (χ2v) is 6.42. The molecule has 3 atom stereocenters. The second kappa shape index (κ2) is 9.01. The minimum absolute atomic E-state index is 0.161. The fourth-order valence-electron chi connectivity index (χ4n) is 3.23. The number of rotatable bonds is 7. The number of esters is 1. The SMILES string of the molecule is NC(O)[C@H](O)[C@H](CC1CCCCC1)C(=O)OCc1ccccc1. The summed E-state index contributed by atoms with van der Waals surface area (Å²) in [6, 6.07) is 9.39. The zero-order valence-electron chi connectivity index (χ0n) is 13.4. The van der Waals surface area contributed by atoms with E-state index in [-0.39, 0.29) is 6.61 Å². The van der Waals surface area contributed by atoms with Crippen molar-refractivity contribution < 1.29 is 19.7 Å². The number of carbonyl (C=O) groups excluding carboxylic acids is 1. The molecule has 1 saturated carbocycles. The molecule has 1 unspecified atom stereocenters. The summed E-state index contributed by atoms with van der Waals surface area (Å²) in [6.45, 7) is 0.161. The van der Waals surface area contributed by atoms with Crippen molar-refractivity contribution in [3.8, 4) is 0 Å². The number of carbonyl (C=O) groups is 1. The van der Waals surface area contributed by atoms with Gasteiger partial charge in [0.2, 0.25) is 0 Å². The molecule has 4 N–H and O–H groups in total. The van der Waals surface area contributed by atoms with Gasteiger partial charge >= 0.3 is 5.97 Å². The van der Waals surface area contributed by atoms with Crippen molar-refractivity contribution in [2.75, 3.05) is 0 Å².